The van der Waals surface area contributed by atoms with E-state index >= 15 is 0 Å². The number of halogens is 3. The van der Waals surface area contributed by atoms with Crippen LogP contribution in [-0.4, -0.2) is 35.7 Å². The number of anilines is 1. The molecule has 1 aliphatic rings. The van der Waals surface area contributed by atoms with Gasteiger partial charge in [0.05, 0.1) is 11.4 Å². The molecule has 0 spiro atoms. The first-order chi connectivity index (χ1) is 17.5. The molecule has 0 amide bonds. The van der Waals surface area contributed by atoms with Gasteiger partial charge in [-0.2, -0.15) is 13.2 Å². The Kier molecular flexibility index (Phi) is 8.02. The molecule has 0 radical (unpaired) electrons. The molecule has 196 valence electrons. The Morgan fingerprint density at radius 2 is 1.92 bits per heavy atom. The van der Waals surface area contributed by atoms with E-state index in [1.54, 1.807) is 17.9 Å². The van der Waals surface area contributed by atoms with Gasteiger partial charge in [-0.15, -0.1) is 11.3 Å². The number of thiophene rings is 1. The molecule has 37 heavy (non-hydrogen) atoms. The van der Waals surface area contributed by atoms with Crippen LogP contribution in [-0.2, 0) is 17.4 Å². The lowest BCUT2D eigenvalue weighted by Gasteiger charge is -2.19. The standard InChI is InChI=1S/C28H29F3N2O3S/c1-17(14-24(35)27-18(2)13-23(37-27)15-19(3)34)20-7-9-21(10-8-20)36-22-11-12-33(16-22)26-6-4-5-25(32-26)28(29,30)31/h4-10,13,17,22H,11-12,14-16H2,1-3H3/t17-,22?/m1/s1. The number of ketones is 2. The summed E-state index contributed by atoms with van der Waals surface area (Å²) in [6.07, 6.45) is -3.24. The summed E-state index contributed by atoms with van der Waals surface area (Å²) in [5.41, 5.74) is 1.02. The molecule has 0 saturated carbocycles. The number of Topliss-reactive ketones (excluding diaryl/α,β-unsaturated/α-hetero) is 2. The minimum absolute atomic E-state index is 0.00765. The fraction of sp³-hybridized carbons (Fsp3) is 0.393. The number of ether oxygens (including phenoxy) is 1. The van der Waals surface area contributed by atoms with E-state index < -0.39 is 11.9 Å². The normalized spacial score (nSPS) is 16.6. The number of carbonyl (C=O) groups excluding carboxylic acids is 2. The average molecular weight is 531 g/mol. The number of alkyl halides is 3. The van der Waals surface area contributed by atoms with Crippen LogP contribution in [0.3, 0.4) is 0 Å². The van der Waals surface area contributed by atoms with Crippen LogP contribution in [0.2, 0.25) is 0 Å². The van der Waals surface area contributed by atoms with Crippen molar-refractivity contribution >= 4 is 28.7 Å². The van der Waals surface area contributed by atoms with Crippen LogP contribution in [0, 0.1) is 6.92 Å². The fourth-order valence-electron chi connectivity index (χ4n) is 4.50. The first kappa shape index (κ1) is 26.9. The Bertz CT molecular complexity index is 1270. The van der Waals surface area contributed by atoms with Crippen molar-refractivity contribution in [2.75, 3.05) is 18.0 Å². The highest BCUT2D eigenvalue weighted by Crippen LogP contribution is 2.31. The van der Waals surface area contributed by atoms with Gasteiger partial charge in [0.15, 0.2) is 5.78 Å². The highest BCUT2D eigenvalue weighted by molar-refractivity contribution is 7.14. The summed E-state index contributed by atoms with van der Waals surface area (Å²) in [6.45, 7) is 6.46. The van der Waals surface area contributed by atoms with Crippen molar-refractivity contribution in [3.63, 3.8) is 0 Å². The zero-order valence-electron chi connectivity index (χ0n) is 21.0. The third kappa shape index (κ3) is 6.77. The smallest absolute Gasteiger partial charge is 0.433 e. The van der Waals surface area contributed by atoms with E-state index in [1.165, 1.54) is 17.4 Å². The summed E-state index contributed by atoms with van der Waals surface area (Å²) in [7, 11) is 0. The minimum atomic E-state index is -4.48. The van der Waals surface area contributed by atoms with Crippen LogP contribution < -0.4 is 9.64 Å². The van der Waals surface area contributed by atoms with Gasteiger partial charge < -0.3 is 9.64 Å². The highest BCUT2D eigenvalue weighted by Gasteiger charge is 2.33. The highest BCUT2D eigenvalue weighted by atomic mass is 32.1. The van der Waals surface area contributed by atoms with Crippen molar-refractivity contribution in [2.45, 2.75) is 58.2 Å². The second-order valence-electron chi connectivity index (χ2n) is 9.55. The lowest BCUT2D eigenvalue weighted by molar-refractivity contribution is -0.141. The maximum absolute atomic E-state index is 13.0. The molecule has 0 N–H and O–H groups in total. The summed E-state index contributed by atoms with van der Waals surface area (Å²) in [5, 5.41) is 0. The molecule has 2 aromatic heterocycles. The minimum Gasteiger partial charge on any atom is -0.489 e. The number of aryl methyl sites for hydroxylation is 1. The SMILES string of the molecule is CC(=O)Cc1cc(C)c(C(=O)C[C@@H](C)c2ccc(OC3CCN(c4cccc(C(F)(F)F)n4)C3)cc2)s1. The molecule has 3 heterocycles. The Morgan fingerprint density at radius 3 is 2.59 bits per heavy atom. The third-order valence-electron chi connectivity index (χ3n) is 6.38. The average Bonchev–Trinajstić information content (AvgIpc) is 3.45. The van der Waals surface area contributed by atoms with E-state index in [0.717, 1.165) is 22.1 Å². The first-order valence-corrected chi connectivity index (χ1v) is 13.0. The van der Waals surface area contributed by atoms with Crippen LogP contribution in [0.4, 0.5) is 19.0 Å². The summed E-state index contributed by atoms with van der Waals surface area (Å²) >= 11 is 1.40. The molecule has 1 aliphatic heterocycles. The first-order valence-electron chi connectivity index (χ1n) is 12.2. The molecule has 4 rings (SSSR count). The molecule has 1 aromatic carbocycles. The monoisotopic (exact) mass is 530 g/mol. The molecule has 9 heteroatoms. The fourth-order valence-corrected chi connectivity index (χ4v) is 5.69. The van der Waals surface area contributed by atoms with Crippen LogP contribution >= 0.6 is 11.3 Å². The number of carbonyl (C=O) groups is 2. The van der Waals surface area contributed by atoms with Gasteiger partial charge in [0.1, 0.15) is 29.1 Å². The van der Waals surface area contributed by atoms with Crippen molar-refractivity contribution in [2.24, 2.45) is 0 Å². The van der Waals surface area contributed by atoms with Crippen LogP contribution in [0.5, 0.6) is 5.75 Å². The number of hydrogen-bond acceptors (Lipinski definition) is 6. The van der Waals surface area contributed by atoms with Crippen molar-refractivity contribution in [3.8, 4) is 5.75 Å². The third-order valence-corrected chi connectivity index (χ3v) is 7.66. The van der Waals surface area contributed by atoms with Gasteiger partial charge in [-0.25, -0.2) is 4.98 Å². The van der Waals surface area contributed by atoms with E-state index in [9.17, 15) is 22.8 Å². The van der Waals surface area contributed by atoms with Crippen molar-refractivity contribution < 1.29 is 27.5 Å². The summed E-state index contributed by atoms with van der Waals surface area (Å²) in [4.78, 5) is 31.5. The van der Waals surface area contributed by atoms with Crippen molar-refractivity contribution in [1.82, 2.24) is 4.98 Å². The molecule has 1 saturated heterocycles. The zero-order chi connectivity index (χ0) is 26.7. The van der Waals surface area contributed by atoms with Gasteiger partial charge >= 0.3 is 6.18 Å². The van der Waals surface area contributed by atoms with E-state index in [1.807, 2.05) is 44.2 Å². The molecular formula is C28H29F3N2O3S. The molecular weight excluding hydrogens is 501 g/mol. The largest absolute Gasteiger partial charge is 0.489 e. The van der Waals surface area contributed by atoms with Gasteiger partial charge in [-0.3, -0.25) is 9.59 Å². The van der Waals surface area contributed by atoms with E-state index in [-0.39, 0.29) is 23.6 Å². The zero-order valence-corrected chi connectivity index (χ0v) is 21.8. The number of rotatable bonds is 9. The Balaban J connectivity index is 1.32. The molecule has 3 aromatic rings. The molecule has 2 atom stereocenters. The van der Waals surface area contributed by atoms with Crippen molar-refractivity contribution in [3.05, 3.63) is 75.1 Å². The van der Waals surface area contributed by atoms with Gasteiger partial charge in [-0.05, 0) is 61.2 Å². The topological polar surface area (TPSA) is 59.5 Å². The van der Waals surface area contributed by atoms with Crippen molar-refractivity contribution in [1.29, 1.82) is 0 Å². The van der Waals surface area contributed by atoms with Crippen LogP contribution in [0.25, 0.3) is 0 Å². The summed E-state index contributed by atoms with van der Waals surface area (Å²) < 4.78 is 45.0. The van der Waals surface area contributed by atoms with Gasteiger partial charge in [-0.1, -0.05) is 25.1 Å². The predicted molar refractivity (Wildman–Crippen MR) is 138 cm³/mol. The van der Waals surface area contributed by atoms with Crippen LogP contribution in [0.15, 0.2) is 48.5 Å². The lowest BCUT2D eigenvalue weighted by Crippen LogP contribution is -2.25. The Hall–Kier alpha value is -3.20. The number of aromatic nitrogens is 1. The predicted octanol–water partition coefficient (Wildman–Crippen LogP) is 6.64. The second kappa shape index (κ2) is 11.0. The maximum Gasteiger partial charge on any atom is 0.433 e. The van der Waals surface area contributed by atoms with Crippen LogP contribution in [0.1, 0.15) is 64.0 Å². The molecule has 1 unspecified atom stereocenters. The molecule has 0 aliphatic carbocycles. The van der Waals surface area contributed by atoms with Gasteiger partial charge in [0, 0.05) is 30.7 Å². The Morgan fingerprint density at radius 1 is 1.19 bits per heavy atom. The molecule has 5 nitrogen and oxygen atoms in total. The number of pyridine rings is 1. The number of nitrogens with zero attached hydrogens (tertiary/aromatic N) is 2. The van der Waals surface area contributed by atoms with Gasteiger partial charge in [0.25, 0.3) is 0 Å². The summed E-state index contributed by atoms with van der Waals surface area (Å²) in [6, 6.07) is 13.4. The number of benzene rings is 1. The van der Waals surface area contributed by atoms with Gasteiger partial charge in [0.2, 0.25) is 0 Å². The van der Waals surface area contributed by atoms with E-state index in [0.29, 0.717) is 48.8 Å². The van der Waals surface area contributed by atoms with E-state index in [2.05, 4.69) is 4.98 Å². The number of hydrogen-bond donors (Lipinski definition) is 0. The lowest BCUT2D eigenvalue weighted by atomic mass is 9.94. The maximum atomic E-state index is 13.0. The quantitative estimate of drug-likeness (QED) is 0.291. The van der Waals surface area contributed by atoms with E-state index in [4.69, 9.17) is 4.74 Å². The Labute approximate surface area is 218 Å². The summed E-state index contributed by atoms with van der Waals surface area (Å²) in [5.74, 6) is 1.12. The molecule has 1 fully saturated rings. The second-order valence-corrected chi connectivity index (χ2v) is 10.7. The molecule has 0 bridgehead atoms.